The molecule has 0 bridgehead atoms. The van der Waals surface area contributed by atoms with E-state index in [2.05, 4.69) is 29.4 Å². The van der Waals surface area contributed by atoms with Crippen molar-refractivity contribution in [1.29, 1.82) is 0 Å². The smallest absolute Gasteiger partial charge is 0.255 e. The fourth-order valence-electron chi connectivity index (χ4n) is 3.11. The number of nitrogens with one attached hydrogen (secondary N) is 1. The zero-order valence-electron chi connectivity index (χ0n) is 16.5. The van der Waals surface area contributed by atoms with Crippen molar-refractivity contribution < 1.29 is 4.79 Å². The minimum absolute atomic E-state index is 0.146. The Hall–Kier alpha value is -3.18. The van der Waals surface area contributed by atoms with E-state index < -0.39 is 0 Å². The van der Waals surface area contributed by atoms with E-state index in [-0.39, 0.29) is 5.91 Å². The fraction of sp³-hybridized carbons (Fsp3) is 0.174. The second kappa shape index (κ2) is 7.68. The number of carbonyl (C=O) groups excluding carboxylic acids is 1. The zero-order chi connectivity index (χ0) is 20.5. The van der Waals surface area contributed by atoms with Crippen LogP contribution in [0.3, 0.4) is 0 Å². The first-order valence-electron chi connectivity index (χ1n) is 9.45. The lowest BCUT2D eigenvalue weighted by Gasteiger charge is -2.10. The highest BCUT2D eigenvalue weighted by molar-refractivity contribution is 6.30. The molecule has 1 N–H and O–H groups in total. The van der Waals surface area contributed by atoms with Gasteiger partial charge in [0.25, 0.3) is 5.91 Å². The van der Waals surface area contributed by atoms with E-state index in [1.54, 1.807) is 16.9 Å². The number of halogens is 1. The van der Waals surface area contributed by atoms with Gasteiger partial charge in [0.2, 0.25) is 0 Å². The van der Waals surface area contributed by atoms with Crippen molar-refractivity contribution in [3.05, 3.63) is 82.4 Å². The van der Waals surface area contributed by atoms with Crippen LogP contribution in [0.5, 0.6) is 0 Å². The average Bonchev–Trinajstić information content (AvgIpc) is 3.11. The summed E-state index contributed by atoms with van der Waals surface area (Å²) >= 11 is 5.95. The van der Waals surface area contributed by atoms with Gasteiger partial charge in [0, 0.05) is 16.3 Å². The molecule has 0 radical (unpaired) electrons. The third kappa shape index (κ3) is 4.00. The summed E-state index contributed by atoms with van der Waals surface area (Å²) in [7, 11) is 0. The predicted molar refractivity (Wildman–Crippen MR) is 117 cm³/mol. The fourth-order valence-corrected chi connectivity index (χ4v) is 3.23. The van der Waals surface area contributed by atoms with Crippen LogP contribution in [0.25, 0.3) is 16.7 Å². The number of aromatic nitrogens is 3. The van der Waals surface area contributed by atoms with Crippen LogP contribution < -0.4 is 5.32 Å². The van der Waals surface area contributed by atoms with Crippen LogP contribution >= 0.6 is 11.6 Å². The second-order valence-corrected chi connectivity index (χ2v) is 7.79. The van der Waals surface area contributed by atoms with Gasteiger partial charge >= 0.3 is 0 Å². The van der Waals surface area contributed by atoms with Crippen molar-refractivity contribution >= 4 is 34.2 Å². The summed E-state index contributed by atoms with van der Waals surface area (Å²) in [5.41, 5.74) is 5.76. The van der Waals surface area contributed by atoms with E-state index in [0.29, 0.717) is 22.0 Å². The average molecular weight is 405 g/mol. The van der Waals surface area contributed by atoms with Crippen molar-refractivity contribution in [3.63, 3.8) is 0 Å². The van der Waals surface area contributed by atoms with Gasteiger partial charge in [0.05, 0.1) is 5.69 Å². The van der Waals surface area contributed by atoms with E-state index in [0.717, 1.165) is 22.5 Å². The predicted octanol–water partition coefficient (Wildman–Crippen LogP) is 5.76. The van der Waals surface area contributed by atoms with E-state index in [9.17, 15) is 4.79 Å². The molecule has 3 aromatic carbocycles. The molecule has 0 atom stereocenters. The van der Waals surface area contributed by atoms with Crippen molar-refractivity contribution in [2.24, 2.45) is 0 Å². The van der Waals surface area contributed by atoms with Crippen molar-refractivity contribution in [1.82, 2.24) is 15.0 Å². The van der Waals surface area contributed by atoms with Crippen LogP contribution in [0.4, 0.5) is 5.69 Å². The first-order chi connectivity index (χ1) is 13.9. The molecule has 0 saturated heterocycles. The first kappa shape index (κ1) is 19.2. The lowest BCUT2D eigenvalue weighted by molar-refractivity contribution is 0.102. The highest BCUT2D eigenvalue weighted by atomic mass is 35.5. The molecule has 0 aliphatic rings. The molecule has 0 aliphatic heterocycles. The molecule has 4 rings (SSSR count). The number of anilines is 1. The molecule has 0 unspecified atom stereocenters. The Kier molecular flexibility index (Phi) is 5.07. The Labute approximate surface area is 174 Å². The van der Waals surface area contributed by atoms with Gasteiger partial charge in [-0.3, -0.25) is 4.79 Å². The number of rotatable bonds is 4. The maximum absolute atomic E-state index is 12.7. The van der Waals surface area contributed by atoms with Crippen molar-refractivity contribution in [2.75, 3.05) is 5.32 Å². The van der Waals surface area contributed by atoms with Gasteiger partial charge in [-0.05, 0) is 72.5 Å². The number of hydrogen-bond acceptors (Lipinski definition) is 3. The van der Waals surface area contributed by atoms with Gasteiger partial charge in [-0.15, -0.1) is 10.2 Å². The molecule has 0 spiro atoms. The third-order valence-electron chi connectivity index (χ3n) is 4.87. The number of nitrogens with zero attached hydrogens (tertiary/aromatic N) is 3. The van der Waals surface area contributed by atoms with Gasteiger partial charge in [-0.1, -0.05) is 37.6 Å². The summed E-state index contributed by atoms with van der Waals surface area (Å²) in [6, 6.07) is 18.8. The Morgan fingerprint density at radius 3 is 2.21 bits per heavy atom. The minimum atomic E-state index is -0.146. The Balaban J connectivity index is 1.61. The number of carbonyl (C=O) groups is 1. The molecule has 0 fully saturated rings. The molecule has 29 heavy (non-hydrogen) atoms. The monoisotopic (exact) mass is 404 g/mol. The number of hydrogen-bond donors (Lipinski definition) is 1. The summed E-state index contributed by atoms with van der Waals surface area (Å²) in [5.74, 6) is 0.285. The maximum atomic E-state index is 12.7. The molecule has 6 heteroatoms. The molecule has 1 aromatic heterocycles. The molecular weight excluding hydrogens is 384 g/mol. The van der Waals surface area contributed by atoms with Crippen LogP contribution in [0.2, 0.25) is 5.02 Å². The standard InChI is InChI=1S/C23H21ClN4O/c1-14(2)16-4-6-17(7-5-16)23(29)25-20-13-22-21(12-15(20)3)26-28(27-22)19-10-8-18(24)9-11-19/h4-14H,1-3H3,(H,25,29). The molecule has 146 valence electrons. The second-order valence-electron chi connectivity index (χ2n) is 7.35. The lowest BCUT2D eigenvalue weighted by atomic mass is 10.0. The van der Waals surface area contributed by atoms with Crippen LogP contribution in [0.1, 0.15) is 41.3 Å². The Morgan fingerprint density at radius 1 is 0.966 bits per heavy atom. The number of benzene rings is 3. The summed E-state index contributed by atoms with van der Waals surface area (Å²) in [6.45, 7) is 6.20. The topological polar surface area (TPSA) is 59.8 Å². The summed E-state index contributed by atoms with van der Waals surface area (Å²) in [6.07, 6.45) is 0. The Morgan fingerprint density at radius 2 is 1.59 bits per heavy atom. The molecular formula is C23H21ClN4O. The molecule has 4 aromatic rings. The summed E-state index contributed by atoms with van der Waals surface area (Å²) in [5, 5.41) is 12.7. The van der Waals surface area contributed by atoms with Gasteiger partial charge in [-0.25, -0.2) is 0 Å². The lowest BCUT2D eigenvalue weighted by Crippen LogP contribution is -2.12. The van der Waals surface area contributed by atoms with Gasteiger partial charge in [0.15, 0.2) is 0 Å². The van der Waals surface area contributed by atoms with Gasteiger partial charge in [0.1, 0.15) is 11.0 Å². The molecule has 1 amide bonds. The van der Waals surface area contributed by atoms with Crippen molar-refractivity contribution in [3.8, 4) is 5.69 Å². The third-order valence-corrected chi connectivity index (χ3v) is 5.12. The van der Waals surface area contributed by atoms with E-state index in [1.165, 1.54) is 5.56 Å². The normalized spacial score (nSPS) is 11.2. The van der Waals surface area contributed by atoms with Crippen molar-refractivity contribution in [2.45, 2.75) is 26.7 Å². The van der Waals surface area contributed by atoms with Crippen LogP contribution in [0.15, 0.2) is 60.7 Å². The molecule has 0 saturated carbocycles. The highest BCUT2D eigenvalue weighted by Crippen LogP contribution is 2.23. The van der Waals surface area contributed by atoms with E-state index in [4.69, 9.17) is 11.6 Å². The van der Waals surface area contributed by atoms with Crippen LogP contribution in [-0.2, 0) is 0 Å². The number of aryl methyl sites for hydroxylation is 1. The quantitative estimate of drug-likeness (QED) is 0.470. The SMILES string of the molecule is Cc1cc2nn(-c3ccc(Cl)cc3)nc2cc1NC(=O)c1ccc(C(C)C)cc1. The number of fused-ring (bicyclic) bond motifs is 1. The summed E-state index contributed by atoms with van der Waals surface area (Å²) < 4.78 is 0. The van der Waals surface area contributed by atoms with Gasteiger partial charge < -0.3 is 5.32 Å². The maximum Gasteiger partial charge on any atom is 0.255 e. The highest BCUT2D eigenvalue weighted by Gasteiger charge is 2.12. The summed E-state index contributed by atoms with van der Waals surface area (Å²) in [4.78, 5) is 14.2. The molecule has 1 heterocycles. The van der Waals surface area contributed by atoms with E-state index in [1.807, 2.05) is 55.5 Å². The minimum Gasteiger partial charge on any atom is -0.322 e. The molecule has 5 nitrogen and oxygen atoms in total. The number of amides is 1. The van der Waals surface area contributed by atoms with Gasteiger partial charge in [-0.2, -0.15) is 4.80 Å². The molecule has 0 aliphatic carbocycles. The van der Waals surface area contributed by atoms with Crippen LogP contribution in [-0.4, -0.2) is 20.9 Å². The van der Waals surface area contributed by atoms with Crippen LogP contribution in [0, 0.1) is 6.92 Å². The first-order valence-corrected chi connectivity index (χ1v) is 9.83. The zero-order valence-corrected chi connectivity index (χ0v) is 17.2. The Bertz CT molecular complexity index is 1180. The largest absolute Gasteiger partial charge is 0.322 e. The van der Waals surface area contributed by atoms with E-state index >= 15 is 0 Å².